The molecule has 0 radical (unpaired) electrons. The molecule has 12 heteroatoms. The SMILES string of the molecule is CCc1c(C(F)(F)F)nn(-c2ccc(S(N)(=O)=O)nc2)c1-c1ccc(-c2cncs2)cc1. The van der Waals surface area contributed by atoms with Crippen LogP contribution in [0.1, 0.15) is 18.2 Å². The number of sulfonamides is 1. The second-order valence-corrected chi connectivity index (χ2v) is 9.18. The Labute approximate surface area is 185 Å². The smallest absolute Gasteiger partial charge is 0.252 e. The van der Waals surface area contributed by atoms with E-state index in [1.807, 2.05) is 0 Å². The molecule has 7 nitrogen and oxygen atoms in total. The van der Waals surface area contributed by atoms with Gasteiger partial charge < -0.3 is 0 Å². The summed E-state index contributed by atoms with van der Waals surface area (Å²) >= 11 is 1.45. The summed E-state index contributed by atoms with van der Waals surface area (Å²) in [5, 5.41) is 8.50. The molecule has 4 rings (SSSR count). The van der Waals surface area contributed by atoms with Crippen molar-refractivity contribution in [3.8, 4) is 27.4 Å². The average Bonchev–Trinajstić information content (AvgIpc) is 3.41. The Morgan fingerprint density at radius 1 is 1.06 bits per heavy atom. The van der Waals surface area contributed by atoms with Crippen LogP contribution < -0.4 is 5.14 Å². The highest BCUT2D eigenvalue weighted by atomic mass is 32.2. The highest BCUT2D eigenvalue weighted by Gasteiger charge is 2.39. The van der Waals surface area contributed by atoms with Gasteiger partial charge in [-0.3, -0.25) is 4.98 Å². The number of primary sulfonamides is 1. The molecule has 0 aliphatic carbocycles. The number of pyridine rings is 1. The number of rotatable bonds is 5. The van der Waals surface area contributed by atoms with Crippen molar-refractivity contribution in [3.05, 3.63) is 65.6 Å². The summed E-state index contributed by atoms with van der Waals surface area (Å²) in [6, 6.07) is 9.48. The van der Waals surface area contributed by atoms with E-state index < -0.39 is 26.9 Å². The minimum Gasteiger partial charge on any atom is -0.252 e. The molecule has 166 valence electrons. The maximum absolute atomic E-state index is 13.7. The number of hydrogen-bond acceptors (Lipinski definition) is 6. The number of halogens is 3. The summed E-state index contributed by atoms with van der Waals surface area (Å²) in [6.07, 6.45) is -1.74. The molecule has 2 N–H and O–H groups in total. The van der Waals surface area contributed by atoms with Gasteiger partial charge in [0.15, 0.2) is 10.7 Å². The fourth-order valence-corrected chi connectivity index (χ4v) is 4.40. The van der Waals surface area contributed by atoms with Crippen LogP contribution in [0.5, 0.6) is 0 Å². The van der Waals surface area contributed by atoms with Crippen molar-refractivity contribution in [2.75, 3.05) is 0 Å². The van der Waals surface area contributed by atoms with E-state index in [2.05, 4.69) is 15.1 Å². The lowest BCUT2D eigenvalue weighted by molar-refractivity contribution is -0.141. The molecule has 4 aromatic rings. The van der Waals surface area contributed by atoms with Gasteiger partial charge in [0.2, 0.25) is 0 Å². The van der Waals surface area contributed by atoms with Gasteiger partial charge in [-0.1, -0.05) is 31.2 Å². The fourth-order valence-electron chi connectivity index (χ4n) is 3.31. The Hall–Kier alpha value is -3.09. The van der Waals surface area contributed by atoms with E-state index in [0.29, 0.717) is 5.56 Å². The van der Waals surface area contributed by atoms with Crippen molar-refractivity contribution in [1.29, 1.82) is 0 Å². The van der Waals surface area contributed by atoms with Crippen molar-refractivity contribution >= 4 is 21.4 Å². The molecule has 32 heavy (non-hydrogen) atoms. The molecule has 0 saturated heterocycles. The fraction of sp³-hybridized carbons (Fsp3) is 0.150. The molecule has 0 aliphatic heterocycles. The van der Waals surface area contributed by atoms with Crippen LogP contribution in [0.2, 0.25) is 0 Å². The highest BCUT2D eigenvalue weighted by molar-refractivity contribution is 7.89. The number of hydrogen-bond donors (Lipinski definition) is 1. The van der Waals surface area contributed by atoms with E-state index in [4.69, 9.17) is 5.14 Å². The Morgan fingerprint density at radius 3 is 2.25 bits per heavy atom. The summed E-state index contributed by atoms with van der Waals surface area (Å²) in [5.74, 6) is 0. The molecule has 0 spiro atoms. The Balaban J connectivity index is 1.89. The number of alkyl halides is 3. The van der Waals surface area contributed by atoms with Gasteiger partial charge >= 0.3 is 6.18 Å². The summed E-state index contributed by atoms with van der Waals surface area (Å²) in [7, 11) is -4.05. The minimum atomic E-state index is -4.66. The molecule has 3 aromatic heterocycles. The zero-order valence-corrected chi connectivity index (χ0v) is 18.2. The minimum absolute atomic E-state index is 0.0264. The lowest BCUT2D eigenvalue weighted by atomic mass is 10.0. The Morgan fingerprint density at radius 2 is 1.75 bits per heavy atom. The van der Waals surface area contributed by atoms with Crippen molar-refractivity contribution in [1.82, 2.24) is 19.7 Å². The summed E-state index contributed by atoms with van der Waals surface area (Å²) in [4.78, 5) is 8.74. The Bertz CT molecular complexity index is 1350. The van der Waals surface area contributed by atoms with E-state index in [1.54, 1.807) is 42.9 Å². The molecule has 3 heterocycles. The van der Waals surface area contributed by atoms with Crippen molar-refractivity contribution in [2.45, 2.75) is 24.5 Å². The lowest BCUT2D eigenvalue weighted by Crippen LogP contribution is -2.14. The van der Waals surface area contributed by atoms with Gasteiger partial charge in [0, 0.05) is 17.3 Å². The van der Waals surface area contributed by atoms with Crippen molar-refractivity contribution in [2.24, 2.45) is 5.14 Å². The number of benzene rings is 1. The quantitative estimate of drug-likeness (QED) is 0.460. The first-order valence-corrected chi connectivity index (χ1v) is 11.7. The highest BCUT2D eigenvalue weighted by Crippen LogP contribution is 2.38. The van der Waals surface area contributed by atoms with Crippen LogP contribution >= 0.6 is 11.3 Å². The summed E-state index contributed by atoms with van der Waals surface area (Å²) in [6.45, 7) is 1.62. The molecule has 0 fully saturated rings. The maximum atomic E-state index is 13.7. The van der Waals surface area contributed by atoms with Crippen LogP contribution in [0.15, 0.2) is 59.3 Å². The number of aromatic nitrogens is 4. The Kier molecular flexibility index (Phi) is 5.61. The maximum Gasteiger partial charge on any atom is 0.435 e. The van der Waals surface area contributed by atoms with Gasteiger partial charge in [-0.05, 0) is 24.1 Å². The van der Waals surface area contributed by atoms with Crippen LogP contribution in [0.25, 0.3) is 27.4 Å². The second kappa shape index (κ2) is 8.11. The first-order chi connectivity index (χ1) is 15.1. The number of thiazole rings is 1. The van der Waals surface area contributed by atoms with Crippen LogP contribution in [0, 0.1) is 0 Å². The molecular weight excluding hydrogens is 463 g/mol. The monoisotopic (exact) mass is 479 g/mol. The molecule has 0 atom stereocenters. The van der Waals surface area contributed by atoms with Gasteiger partial charge in [0.05, 0.1) is 28.0 Å². The van der Waals surface area contributed by atoms with Crippen molar-refractivity contribution < 1.29 is 21.6 Å². The molecule has 0 aliphatic rings. The molecule has 0 unspecified atom stereocenters. The molecular formula is C20H16F3N5O2S2. The van der Waals surface area contributed by atoms with Crippen LogP contribution in [0.4, 0.5) is 13.2 Å². The molecule has 0 saturated carbocycles. The third kappa shape index (κ3) is 4.16. The molecule has 0 amide bonds. The van der Waals surface area contributed by atoms with Crippen LogP contribution in [0.3, 0.4) is 0 Å². The average molecular weight is 480 g/mol. The molecule has 0 bridgehead atoms. The third-order valence-electron chi connectivity index (χ3n) is 4.74. The van der Waals surface area contributed by atoms with Crippen LogP contribution in [-0.4, -0.2) is 28.2 Å². The number of nitrogens with two attached hydrogens (primary N) is 1. The summed E-state index contributed by atoms with van der Waals surface area (Å²) in [5.41, 5.74) is 2.55. The van der Waals surface area contributed by atoms with Gasteiger partial charge in [-0.15, -0.1) is 11.3 Å². The lowest BCUT2D eigenvalue weighted by Gasteiger charge is -2.10. The van der Waals surface area contributed by atoms with Crippen LogP contribution in [-0.2, 0) is 22.6 Å². The predicted octanol–water partition coefficient (Wildman–Crippen LogP) is 4.29. The first-order valence-electron chi connectivity index (χ1n) is 9.27. The second-order valence-electron chi connectivity index (χ2n) is 6.78. The zero-order chi connectivity index (χ0) is 23.1. The standard InChI is InChI=1S/C20H16F3N5O2S2/c1-2-15-18(13-5-3-12(4-6-13)16-10-25-11-31-16)28(27-19(15)20(21,22)23)14-7-8-17(26-9-14)32(24,29)30/h3-11H,2H2,1H3,(H2,24,29,30). The normalized spacial score (nSPS) is 12.3. The van der Waals surface area contributed by atoms with Crippen molar-refractivity contribution in [3.63, 3.8) is 0 Å². The van der Waals surface area contributed by atoms with E-state index in [0.717, 1.165) is 27.4 Å². The zero-order valence-electron chi connectivity index (χ0n) is 16.5. The topological polar surface area (TPSA) is 104 Å². The summed E-state index contributed by atoms with van der Waals surface area (Å²) < 4.78 is 65.3. The first kappa shape index (κ1) is 22.1. The van der Waals surface area contributed by atoms with Gasteiger partial charge in [0.1, 0.15) is 0 Å². The molecule has 1 aromatic carbocycles. The van der Waals surface area contributed by atoms with Gasteiger partial charge in [0.25, 0.3) is 10.0 Å². The predicted molar refractivity (Wildman–Crippen MR) is 114 cm³/mol. The largest absolute Gasteiger partial charge is 0.435 e. The van der Waals surface area contributed by atoms with Gasteiger partial charge in [-0.25, -0.2) is 23.2 Å². The van der Waals surface area contributed by atoms with E-state index in [-0.39, 0.29) is 23.4 Å². The van der Waals surface area contributed by atoms with E-state index in [9.17, 15) is 21.6 Å². The number of nitrogens with zero attached hydrogens (tertiary/aromatic N) is 4. The van der Waals surface area contributed by atoms with E-state index >= 15 is 0 Å². The van der Waals surface area contributed by atoms with E-state index in [1.165, 1.54) is 17.4 Å². The third-order valence-corrected chi connectivity index (χ3v) is 6.38. The van der Waals surface area contributed by atoms with Gasteiger partial charge in [-0.2, -0.15) is 18.3 Å².